The lowest BCUT2D eigenvalue weighted by Gasteiger charge is -2.12. The van der Waals surface area contributed by atoms with Crippen LogP contribution in [0.15, 0.2) is 76.1 Å². The molecule has 1 saturated heterocycles. The molecule has 3 aromatic carbocycles. The van der Waals surface area contributed by atoms with E-state index in [9.17, 15) is 9.59 Å². The van der Waals surface area contributed by atoms with Crippen molar-refractivity contribution in [1.29, 1.82) is 0 Å². The number of thioether (sulfide) groups is 1. The molecule has 0 aromatic heterocycles. The van der Waals surface area contributed by atoms with Gasteiger partial charge in [0, 0.05) is 20.1 Å². The lowest BCUT2D eigenvalue weighted by atomic mass is 10.1. The molecular formula is C23H14BrCl2NO3S. The Morgan fingerprint density at radius 3 is 2.48 bits per heavy atom. The van der Waals surface area contributed by atoms with Crippen LogP contribution in [0.3, 0.4) is 0 Å². The monoisotopic (exact) mass is 533 g/mol. The Hall–Kier alpha value is -2.25. The van der Waals surface area contributed by atoms with Crippen molar-refractivity contribution in [1.82, 2.24) is 0 Å². The Bertz CT molecular complexity index is 1200. The van der Waals surface area contributed by atoms with Crippen molar-refractivity contribution in [3.05, 3.63) is 97.3 Å². The first kappa shape index (κ1) is 22.0. The molecule has 2 amide bonds. The minimum absolute atomic E-state index is 0.305. The van der Waals surface area contributed by atoms with Crippen LogP contribution in [0.5, 0.6) is 5.75 Å². The van der Waals surface area contributed by atoms with Crippen LogP contribution in [0.25, 0.3) is 6.08 Å². The Morgan fingerprint density at radius 2 is 1.74 bits per heavy atom. The van der Waals surface area contributed by atoms with Gasteiger partial charge >= 0.3 is 0 Å². The number of benzene rings is 3. The third-order valence-electron chi connectivity index (χ3n) is 4.43. The number of hydrogen-bond acceptors (Lipinski definition) is 4. The lowest BCUT2D eigenvalue weighted by Crippen LogP contribution is -2.27. The highest BCUT2D eigenvalue weighted by Gasteiger charge is 2.36. The van der Waals surface area contributed by atoms with Gasteiger partial charge in [-0.05, 0) is 71.9 Å². The maximum Gasteiger partial charge on any atom is 0.298 e. The van der Waals surface area contributed by atoms with Crippen LogP contribution in [0.4, 0.5) is 10.5 Å². The molecule has 31 heavy (non-hydrogen) atoms. The van der Waals surface area contributed by atoms with Crippen molar-refractivity contribution in [3.8, 4) is 5.75 Å². The third kappa shape index (κ3) is 5.15. The topological polar surface area (TPSA) is 46.6 Å². The van der Waals surface area contributed by atoms with Crippen molar-refractivity contribution in [2.24, 2.45) is 0 Å². The Balaban J connectivity index is 1.60. The molecule has 1 aliphatic heterocycles. The SMILES string of the molecule is O=C1S/C(=C\c2cc(Br)ccc2OCc2ccc(Cl)cc2)C(=O)N1c1cccc(Cl)c1. The maximum absolute atomic E-state index is 12.9. The third-order valence-corrected chi connectivity index (χ3v) is 6.28. The van der Waals surface area contributed by atoms with E-state index in [1.807, 2.05) is 30.3 Å². The van der Waals surface area contributed by atoms with Gasteiger partial charge in [0.15, 0.2) is 0 Å². The van der Waals surface area contributed by atoms with Gasteiger partial charge < -0.3 is 4.74 Å². The minimum Gasteiger partial charge on any atom is -0.488 e. The summed E-state index contributed by atoms with van der Waals surface area (Å²) in [6.45, 7) is 0.337. The maximum atomic E-state index is 12.9. The first-order valence-corrected chi connectivity index (χ1v) is 11.5. The zero-order chi connectivity index (χ0) is 22.0. The second-order valence-electron chi connectivity index (χ2n) is 6.59. The van der Waals surface area contributed by atoms with E-state index in [2.05, 4.69) is 15.9 Å². The van der Waals surface area contributed by atoms with Gasteiger partial charge in [0.2, 0.25) is 0 Å². The molecular weight excluding hydrogens is 521 g/mol. The number of ether oxygens (including phenoxy) is 1. The summed E-state index contributed by atoms with van der Waals surface area (Å²) in [6.07, 6.45) is 1.66. The van der Waals surface area contributed by atoms with E-state index in [0.717, 1.165) is 26.7 Å². The number of rotatable bonds is 5. The molecule has 1 aliphatic rings. The summed E-state index contributed by atoms with van der Waals surface area (Å²) in [7, 11) is 0. The standard InChI is InChI=1S/C23H14BrCl2NO3S/c24-16-6-9-20(30-13-14-4-7-17(25)8-5-14)15(10-16)11-21-22(28)27(23(29)31-21)19-3-1-2-18(26)12-19/h1-12H,13H2/b21-11-. The number of nitrogens with zero attached hydrogens (tertiary/aromatic N) is 1. The summed E-state index contributed by atoms with van der Waals surface area (Å²) in [4.78, 5) is 26.9. The molecule has 0 spiro atoms. The zero-order valence-electron chi connectivity index (χ0n) is 15.8. The van der Waals surface area contributed by atoms with E-state index in [1.54, 1.807) is 42.5 Å². The molecule has 0 atom stereocenters. The second kappa shape index (κ2) is 9.49. The van der Waals surface area contributed by atoms with Crippen LogP contribution in [-0.2, 0) is 11.4 Å². The van der Waals surface area contributed by atoms with Gasteiger partial charge in [-0.15, -0.1) is 0 Å². The summed E-state index contributed by atoms with van der Waals surface area (Å²) in [6, 6.07) is 19.5. The molecule has 0 unspecified atom stereocenters. The number of imide groups is 1. The predicted octanol–water partition coefficient (Wildman–Crippen LogP) is 7.58. The highest BCUT2D eigenvalue weighted by atomic mass is 79.9. The molecule has 4 nitrogen and oxygen atoms in total. The van der Waals surface area contributed by atoms with Gasteiger partial charge in [-0.1, -0.05) is 57.3 Å². The summed E-state index contributed by atoms with van der Waals surface area (Å²) in [5.41, 5.74) is 2.08. The predicted molar refractivity (Wildman–Crippen MR) is 130 cm³/mol. The molecule has 0 saturated carbocycles. The van der Waals surface area contributed by atoms with Gasteiger partial charge in [0.1, 0.15) is 12.4 Å². The first-order chi connectivity index (χ1) is 14.9. The summed E-state index contributed by atoms with van der Waals surface area (Å²) in [5, 5.41) is 0.728. The Morgan fingerprint density at radius 1 is 0.968 bits per heavy atom. The van der Waals surface area contributed by atoms with Gasteiger partial charge in [0.25, 0.3) is 11.1 Å². The highest BCUT2D eigenvalue weighted by Crippen LogP contribution is 2.38. The summed E-state index contributed by atoms with van der Waals surface area (Å²) >= 11 is 16.3. The Labute approximate surface area is 201 Å². The van der Waals surface area contributed by atoms with Crippen LogP contribution in [0.1, 0.15) is 11.1 Å². The van der Waals surface area contributed by atoms with Gasteiger partial charge in [-0.2, -0.15) is 0 Å². The summed E-state index contributed by atoms with van der Waals surface area (Å²) in [5.74, 6) is 0.189. The van der Waals surface area contributed by atoms with Gasteiger partial charge in [0.05, 0.1) is 10.6 Å². The molecule has 156 valence electrons. The fraction of sp³-hybridized carbons (Fsp3) is 0.0435. The van der Waals surface area contributed by atoms with Crippen LogP contribution in [0.2, 0.25) is 10.0 Å². The Kier molecular flexibility index (Phi) is 6.72. The van der Waals surface area contributed by atoms with E-state index >= 15 is 0 Å². The molecule has 8 heteroatoms. The number of anilines is 1. The fourth-order valence-corrected chi connectivity index (χ4v) is 4.47. The molecule has 0 aliphatic carbocycles. The number of carbonyl (C=O) groups excluding carboxylic acids is 2. The smallest absolute Gasteiger partial charge is 0.298 e. The van der Waals surface area contributed by atoms with Crippen molar-refractivity contribution in [3.63, 3.8) is 0 Å². The molecule has 1 fully saturated rings. The normalized spacial score (nSPS) is 15.1. The van der Waals surface area contributed by atoms with Crippen molar-refractivity contribution in [2.75, 3.05) is 4.90 Å². The van der Waals surface area contributed by atoms with E-state index in [-0.39, 0.29) is 5.24 Å². The highest BCUT2D eigenvalue weighted by molar-refractivity contribution is 9.10. The quantitative estimate of drug-likeness (QED) is 0.316. The average Bonchev–Trinajstić information content (AvgIpc) is 3.01. The average molecular weight is 535 g/mol. The summed E-state index contributed by atoms with van der Waals surface area (Å²) < 4.78 is 6.80. The first-order valence-electron chi connectivity index (χ1n) is 9.11. The van der Waals surface area contributed by atoms with Crippen LogP contribution >= 0.6 is 50.9 Å². The second-order valence-corrected chi connectivity index (χ2v) is 9.38. The van der Waals surface area contributed by atoms with Gasteiger partial charge in [-0.3, -0.25) is 9.59 Å². The van der Waals surface area contributed by atoms with Crippen LogP contribution < -0.4 is 9.64 Å². The number of hydrogen-bond donors (Lipinski definition) is 0. The van der Waals surface area contributed by atoms with E-state index < -0.39 is 5.91 Å². The van der Waals surface area contributed by atoms with Gasteiger partial charge in [-0.25, -0.2) is 4.90 Å². The molecule has 0 radical (unpaired) electrons. The van der Waals surface area contributed by atoms with Crippen molar-refractivity contribution in [2.45, 2.75) is 6.61 Å². The van der Waals surface area contributed by atoms with E-state index in [0.29, 0.717) is 38.6 Å². The fourth-order valence-electron chi connectivity index (χ4n) is 2.95. The van der Waals surface area contributed by atoms with Crippen molar-refractivity contribution >= 4 is 73.8 Å². The molecule has 3 aromatic rings. The molecule has 1 heterocycles. The molecule has 0 N–H and O–H groups in total. The van der Waals surface area contributed by atoms with Crippen LogP contribution in [0, 0.1) is 0 Å². The van der Waals surface area contributed by atoms with E-state index in [1.165, 1.54) is 0 Å². The zero-order valence-corrected chi connectivity index (χ0v) is 19.8. The van der Waals surface area contributed by atoms with Crippen molar-refractivity contribution < 1.29 is 14.3 Å². The number of amides is 2. The molecule has 0 bridgehead atoms. The molecule has 4 rings (SSSR count). The minimum atomic E-state index is -0.402. The number of carbonyl (C=O) groups is 2. The van der Waals surface area contributed by atoms with E-state index in [4.69, 9.17) is 27.9 Å². The van der Waals surface area contributed by atoms with Crippen LogP contribution in [-0.4, -0.2) is 11.1 Å². The number of halogens is 3. The lowest BCUT2D eigenvalue weighted by molar-refractivity contribution is -0.113. The largest absolute Gasteiger partial charge is 0.488 e.